The van der Waals surface area contributed by atoms with Crippen LogP contribution in [0.4, 0.5) is 5.69 Å². The van der Waals surface area contributed by atoms with Crippen LogP contribution in [-0.4, -0.2) is 23.5 Å². The Balaban J connectivity index is 2.27. The van der Waals surface area contributed by atoms with Crippen LogP contribution in [0.2, 0.25) is 0 Å². The number of hydrogen-bond acceptors (Lipinski definition) is 3. The van der Waals surface area contributed by atoms with Crippen molar-refractivity contribution in [3.63, 3.8) is 0 Å². The first-order valence-electron chi connectivity index (χ1n) is 3.60. The zero-order valence-corrected chi connectivity index (χ0v) is 6.66. The Bertz CT molecular complexity index is 209. The number of nitrogens with zero attached hydrogens (tertiary/aromatic N) is 2. The molecule has 0 unspecified atom stereocenters. The first-order chi connectivity index (χ1) is 5.33. The Morgan fingerprint density at radius 3 is 3.09 bits per heavy atom. The second kappa shape index (κ2) is 3.98. The standard InChI is InChI=1S/C7H13N3O/c1-11-4-2-3-10-6-7(8)5-9-10/h5-6H,2-4,8H2,1H3. The van der Waals surface area contributed by atoms with Gasteiger partial charge in [0.2, 0.25) is 0 Å². The van der Waals surface area contributed by atoms with Crippen LogP contribution in [0.5, 0.6) is 0 Å². The fourth-order valence-corrected chi connectivity index (χ4v) is 0.873. The molecule has 4 nitrogen and oxygen atoms in total. The summed E-state index contributed by atoms with van der Waals surface area (Å²) in [5.74, 6) is 0. The molecule has 0 amide bonds. The van der Waals surface area contributed by atoms with Crippen molar-refractivity contribution in [1.29, 1.82) is 0 Å². The molecule has 0 aromatic carbocycles. The van der Waals surface area contributed by atoms with E-state index in [-0.39, 0.29) is 0 Å². The van der Waals surface area contributed by atoms with Crippen molar-refractivity contribution in [1.82, 2.24) is 9.78 Å². The van der Waals surface area contributed by atoms with E-state index in [2.05, 4.69) is 5.10 Å². The average molecular weight is 155 g/mol. The van der Waals surface area contributed by atoms with Crippen LogP contribution in [0.15, 0.2) is 12.4 Å². The molecule has 0 aliphatic rings. The summed E-state index contributed by atoms with van der Waals surface area (Å²) in [4.78, 5) is 0. The van der Waals surface area contributed by atoms with E-state index in [4.69, 9.17) is 10.5 Å². The Hall–Kier alpha value is -1.03. The molecule has 0 saturated carbocycles. The molecule has 0 saturated heterocycles. The van der Waals surface area contributed by atoms with Crippen molar-refractivity contribution in [3.05, 3.63) is 12.4 Å². The molecule has 2 N–H and O–H groups in total. The van der Waals surface area contributed by atoms with Gasteiger partial charge in [0, 0.05) is 26.5 Å². The van der Waals surface area contributed by atoms with E-state index >= 15 is 0 Å². The SMILES string of the molecule is COCCCn1cc(N)cn1. The van der Waals surface area contributed by atoms with Gasteiger partial charge in [-0.1, -0.05) is 0 Å². The van der Waals surface area contributed by atoms with Crippen molar-refractivity contribution in [3.8, 4) is 0 Å². The Labute approximate surface area is 66.0 Å². The van der Waals surface area contributed by atoms with Crippen LogP contribution in [0.3, 0.4) is 0 Å². The molecular weight excluding hydrogens is 142 g/mol. The second-order valence-corrected chi connectivity index (χ2v) is 2.38. The zero-order valence-electron chi connectivity index (χ0n) is 6.66. The molecule has 1 heterocycles. The summed E-state index contributed by atoms with van der Waals surface area (Å²) in [7, 11) is 1.69. The first kappa shape index (κ1) is 8.07. The monoisotopic (exact) mass is 155 g/mol. The maximum Gasteiger partial charge on any atom is 0.0719 e. The highest BCUT2D eigenvalue weighted by atomic mass is 16.5. The number of nitrogens with two attached hydrogens (primary N) is 1. The molecular formula is C7H13N3O. The van der Waals surface area contributed by atoms with Crippen LogP contribution in [-0.2, 0) is 11.3 Å². The lowest BCUT2D eigenvalue weighted by Crippen LogP contribution is -2.01. The van der Waals surface area contributed by atoms with Crippen LogP contribution < -0.4 is 5.73 Å². The van der Waals surface area contributed by atoms with Crippen LogP contribution in [0, 0.1) is 0 Å². The third-order valence-electron chi connectivity index (χ3n) is 1.39. The molecule has 62 valence electrons. The minimum atomic E-state index is 0.711. The highest BCUT2D eigenvalue weighted by Gasteiger charge is 1.92. The Morgan fingerprint density at radius 2 is 2.55 bits per heavy atom. The number of nitrogen functional groups attached to an aromatic ring is 1. The predicted octanol–water partition coefficient (Wildman–Crippen LogP) is 0.502. The lowest BCUT2D eigenvalue weighted by atomic mass is 10.4. The lowest BCUT2D eigenvalue weighted by molar-refractivity contribution is 0.189. The molecule has 0 radical (unpaired) electrons. The average Bonchev–Trinajstić information content (AvgIpc) is 2.37. The maximum atomic E-state index is 5.47. The van der Waals surface area contributed by atoms with Gasteiger partial charge in [0.15, 0.2) is 0 Å². The van der Waals surface area contributed by atoms with Crippen LogP contribution in [0.1, 0.15) is 6.42 Å². The number of hydrogen-bond donors (Lipinski definition) is 1. The van der Waals surface area contributed by atoms with Crippen molar-refractivity contribution in [2.45, 2.75) is 13.0 Å². The summed E-state index contributed by atoms with van der Waals surface area (Å²) in [6.45, 7) is 1.63. The number of ether oxygens (including phenoxy) is 1. The van der Waals surface area contributed by atoms with E-state index in [9.17, 15) is 0 Å². The second-order valence-electron chi connectivity index (χ2n) is 2.38. The summed E-state index contributed by atoms with van der Waals surface area (Å²) >= 11 is 0. The zero-order chi connectivity index (χ0) is 8.10. The molecule has 1 aromatic heterocycles. The third kappa shape index (κ3) is 2.59. The Morgan fingerprint density at radius 1 is 1.73 bits per heavy atom. The minimum Gasteiger partial charge on any atom is -0.396 e. The van der Waals surface area contributed by atoms with Gasteiger partial charge in [-0.2, -0.15) is 5.10 Å². The van der Waals surface area contributed by atoms with E-state index < -0.39 is 0 Å². The summed E-state index contributed by atoms with van der Waals surface area (Å²) in [6.07, 6.45) is 4.43. The highest BCUT2D eigenvalue weighted by Crippen LogP contribution is 1.98. The maximum absolute atomic E-state index is 5.47. The van der Waals surface area contributed by atoms with Gasteiger partial charge in [-0.15, -0.1) is 0 Å². The van der Waals surface area contributed by atoms with Crippen molar-refractivity contribution < 1.29 is 4.74 Å². The van der Waals surface area contributed by atoms with Gasteiger partial charge in [-0.25, -0.2) is 0 Å². The summed E-state index contributed by atoms with van der Waals surface area (Å²) in [6, 6.07) is 0. The topological polar surface area (TPSA) is 53.1 Å². The number of aromatic nitrogens is 2. The minimum absolute atomic E-state index is 0.711. The molecule has 0 fully saturated rings. The van der Waals surface area contributed by atoms with Gasteiger partial charge >= 0.3 is 0 Å². The highest BCUT2D eigenvalue weighted by molar-refractivity contribution is 5.30. The molecule has 1 rings (SSSR count). The number of rotatable bonds is 4. The molecule has 0 atom stereocenters. The lowest BCUT2D eigenvalue weighted by Gasteiger charge is -1.98. The number of methoxy groups -OCH3 is 1. The summed E-state index contributed by atoms with van der Waals surface area (Å²) < 4.78 is 6.71. The third-order valence-corrected chi connectivity index (χ3v) is 1.39. The summed E-state index contributed by atoms with van der Waals surface area (Å²) in [5, 5.41) is 4.02. The van der Waals surface area contributed by atoms with E-state index in [0.29, 0.717) is 5.69 Å². The van der Waals surface area contributed by atoms with E-state index in [0.717, 1.165) is 19.6 Å². The van der Waals surface area contributed by atoms with Gasteiger partial charge < -0.3 is 10.5 Å². The molecule has 0 aliphatic carbocycles. The molecule has 11 heavy (non-hydrogen) atoms. The normalized spacial score (nSPS) is 10.3. The molecule has 0 spiro atoms. The summed E-state index contributed by atoms with van der Waals surface area (Å²) in [5.41, 5.74) is 6.18. The van der Waals surface area contributed by atoms with Crippen molar-refractivity contribution in [2.75, 3.05) is 19.5 Å². The number of aryl methyl sites for hydroxylation is 1. The predicted molar refractivity (Wildman–Crippen MR) is 43.1 cm³/mol. The quantitative estimate of drug-likeness (QED) is 0.644. The van der Waals surface area contributed by atoms with E-state index in [1.165, 1.54) is 0 Å². The van der Waals surface area contributed by atoms with Crippen molar-refractivity contribution in [2.24, 2.45) is 0 Å². The van der Waals surface area contributed by atoms with Crippen molar-refractivity contribution >= 4 is 5.69 Å². The smallest absolute Gasteiger partial charge is 0.0719 e. The fraction of sp³-hybridized carbons (Fsp3) is 0.571. The van der Waals surface area contributed by atoms with Crippen LogP contribution in [0.25, 0.3) is 0 Å². The molecule has 0 bridgehead atoms. The molecule has 0 aliphatic heterocycles. The van der Waals surface area contributed by atoms with Gasteiger partial charge in [0.1, 0.15) is 0 Å². The van der Waals surface area contributed by atoms with Gasteiger partial charge in [-0.3, -0.25) is 4.68 Å². The van der Waals surface area contributed by atoms with Gasteiger partial charge in [-0.05, 0) is 6.42 Å². The number of anilines is 1. The largest absolute Gasteiger partial charge is 0.396 e. The van der Waals surface area contributed by atoms with E-state index in [1.54, 1.807) is 13.3 Å². The van der Waals surface area contributed by atoms with Gasteiger partial charge in [0.25, 0.3) is 0 Å². The Kier molecular flexibility index (Phi) is 2.92. The molecule has 4 heteroatoms. The van der Waals surface area contributed by atoms with Crippen LogP contribution >= 0.6 is 0 Å². The van der Waals surface area contributed by atoms with E-state index in [1.807, 2.05) is 10.9 Å². The molecule has 1 aromatic rings. The fourth-order valence-electron chi connectivity index (χ4n) is 0.873. The van der Waals surface area contributed by atoms with Gasteiger partial charge in [0.05, 0.1) is 11.9 Å². The first-order valence-corrected chi connectivity index (χ1v) is 3.60.